The van der Waals surface area contributed by atoms with Crippen LogP contribution in [0, 0.1) is 0 Å². The minimum Gasteiger partial charge on any atom is -0.423 e. The number of carbonyl (C=O) groups excluding carboxylic acids is 1. The van der Waals surface area contributed by atoms with Gasteiger partial charge in [0, 0.05) is 11.1 Å². The van der Waals surface area contributed by atoms with Crippen LogP contribution in [0.4, 0.5) is 0 Å². The van der Waals surface area contributed by atoms with Crippen molar-refractivity contribution in [2.45, 2.75) is 6.92 Å². The maximum Gasteiger partial charge on any atom is 0.338 e. The minimum atomic E-state index is -0.414. The van der Waals surface area contributed by atoms with Crippen molar-refractivity contribution in [3.63, 3.8) is 0 Å². The number of esters is 1. The molecule has 0 bridgehead atoms. The van der Waals surface area contributed by atoms with Crippen LogP contribution in [0.2, 0.25) is 0 Å². The third kappa shape index (κ3) is 2.85. The summed E-state index contributed by atoms with van der Waals surface area (Å²) >= 11 is 1.64. The number of fused-ring (bicyclic) bond motifs is 1. The summed E-state index contributed by atoms with van der Waals surface area (Å²) in [7, 11) is 0. The SMILES string of the molecule is C=C(C)C(=O)Oc1ccc(-c2nc3ccccc3s2)cc1. The smallest absolute Gasteiger partial charge is 0.338 e. The number of para-hydroxylation sites is 1. The number of rotatable bonds is 3. The molecule has 3 nitrogen and oxygen atoms in total. The van der Waals surface area contributed by atoms with E-state index >= 15 is 0 Å². The maximum atomic E-state index is 11.5. The second-order valence-corrected chi connectivity index (χ2v) is 5.71. The second-order valence-electron chi connectivity index (χ2n) is 4.68. The van der Waals surface area contributed by atoms with Gasteiger partial charge in [-0.05, 0) is 43.3 Å². The second kappa shape index (κ2) is 5.50. The van der Waals surface area contributed by atoms with Crippen LogP contribution in [0.3, 0.4) is 0 Å². The average Bonchev–Trinajstić information content (AvgIpc) is 2.91. The number of hydrogen-bond acceptors (Lipinski definition) is 4. The first-order valence-electron chi connectivity index (χ1n) is 6.47. The number of benzene rings is 2. The number of hydrogen-bond donors (Lipinski definition) is 0. The minimum absolute atomic E-state index is 0.380. The zero-order chi connectivity index (χ0) is 14.8. The Morgan fingerprint density at radius 2 is 1.86 bits per heavy atom. The molecule has 0 N–H and O–H groups in total. The molecule has 2 aromatic carbocycles. The maximum absolute atomic E-state index is 11.5. The molecule has 3 aromatic rings. The summed E-state index contributed by atoms with van der Waals surface area (Å²) in [6.07, 6.45) is 0. The highest BCUT2D eigenvalue weighted by molar-refractivity contribution is 7.21. The highest BCUT2D eigenvalue weighted by atomic mass is 32.1. The Labute approximate surface area is 126 Å². The summed E-state index contributed by atoms with van der Waals surface area (Å²) in [6, 6.07) is 15.4. The average molecular weight is 295 g/mol. The fourth-order valence-corrected chi connectivity index (χ4v) is 2.83. The summed E-state index contributed by atoms with van der Waals surface area (Å²) in [4.78, 5) is 16.1. The van der Waals surface area contributed by atoms with Crippen LogP contribution >= 0.6 is 11.3 Å². The zero-order valence-corrected chi connectivity index (χ0v) is 12.3. The van der Waals surface area contributed by atoms with Crippen molar-refractivity contribution in [2.75, 3.05) is 0 Å². The predicted molar refractivity (Wildman–Crippen MR) is 85.5 cm³/mol. The highest BCUT2D eigenvalue weighted by Crippen LogP contribution is 2.30. The molecule has 0 amide bonds. The van der Waals surface area contributed by atoms with Crippen LogP contribution in [0.15, 0.2) is 60.7 Å². The molecule has 0 saturated heterocycles. The fraction of sp³-hybridized carbons (Fsp3) is 0.0588. The van der Waals surface area contributed by atoms with Gasteiger partial charge < -0.3 is 4.74 Å². The van der Waals surface area contributed by atoms with E-state index in [4.69, 9.17) is 4.74 Å². The van der Waals surface area contributed by atoms with Crippen LogP contribution in [-0.2, 0) is 4.79 Å². The molecule has 0 radical (unpaired) electrons. The van der Waals surface area contributed by atoms with E-state index in [-0.39, 0.29) is 0 Å². The third-order valence-corrected chi connectivity index (χ3v) is 4.04. The van der Waals surface area contributed by atoms with E-state index in [0.717, 1.165) is 20.8 Å². The van der Waals surface area contributed by atoms with E-state index in [1.807, 2.05) is 30.3 Å². The Balaban J connectivity index is 1.86. The highest BCUT2D eigenvalue weighted by Gasteiger charge is 2.08. The van der Waals surface area contributed by atoms with Crippen molar-refractivity contribution in [1.29, 1.82) is 0 Å². The van der Waals surface area contributed by atoms with Gasteiger partial charge >= 0.3 is 5.97 Å². The third-order valence-electron chi connectivity index (χ3n) is 2.95. The van der Waals surface area contributed by atoms with Crippen molar-refractivity contribution in [1.82, 2.24) is 4.98 Å². The Bertz CT molecular complexity index is 785. The van der Waals surface area contributed by atoms with E-state index in [0.29, 0.717) is 11.3 Å². The lowest BCUT2D eigenvalue weighted by Crippen LogP contribution is -2.07. The topological polar surface area (TPSA) is 39.2 Å². The van der Waals surface area contributed by atoms with Gasteiger partial charge in [0.05, 0.1) is 10.2 Å². The van der Waals surface area contributed by atoms with Crippen LogP contribution in [-0.4, -0.2) is 11.0 Å². The molecule has 0 fully saturated rings. The van der Waals surface area contributed by atoms with Crippen molar-refractivity contribution in [3.8, 4) is 16.3 Å². The number of aromatic nitrogens is 1. The van der Waals surface area contributed by atoms with Gasteiger partial charge in [-0.2, -0.15) is 0 Å². The zero-order valence-electron chi connectivity index (χ0n) is 11.5. The lowest BCUT2D eigenvalue weighted by molar-refractivity contribution is -0.130. The first-order valence-corrected chi connectivity index (χ1v) is 7.29. The summed E-state index contributed by atoms with van der Waals surface area (Å²) in [6.45, 7) is 5.18. The van der Waals surface area contributed by atoms with E-state index in [1.165, 1.54) is 0 Å². The molecule has 4 heteroatoms. The van der Waals surface area contributed by atoms with Crippen LogP contribution in [0.5, 0.6) is 5.75 Å². The summed E-state index contributed by atoms with van der Waals surface area (Å²) in [5, 5.41) is 0.953. The van der Waals surface area contributed by atoms with Crippen molar-refractivity contribution >= 4 is 27.5 Å². The molecule has 104 valence electrons. The summed E-state index contributed by atoms with van der Waals surface area (Å²) in [5.41, 5.74) is 2.38. The van der Waals surface area contributed by atoms with E-state index in [1.54, 1.807) is 30.4 Å². The van der Waals surface area contributed by atoms with Crippen LogP contribution in [0.25, 0.3) is 20.8 Å². The molecule has 0 aliphatic carbocycles. The molecular weight excluding hydrogens is 282 g/mol. The molecule has 0 atom stereocenters. The lowest BCUT2D eigenvalue weighted by Gasteiger charge is -2.04. The Hall–Kier alpha value is -2.46. The Morgan fingerprint density at radius 1 is 1.14 bits per heavy atom. The molecule has 21 heavy (non-hydrogen) atoms. The summed E-state index contributed by atoms with van der Waals surface area (Å²) < 4.78 is 6.33. The normalized spacial score (nSPS) is 10.5. The largest absolute Gasteiger partial charge is 0.423 e. The Morgan fingerprint density at radius 3 is 2.52 bits per heavy atom. The molecule has 3 rings (SSSR count). The Kier molecular flexibility index (Phi) is 3.54. The van der Waals surface area contributed by atoms with Crippen molar-refractivity contribution in [2.24, 2.45) is 0 Å². The number of nitrogens with zero attached hydrogens (tertiary/aromatic N) is 1. The van der Waals surface area contributed by atoms with E-state index in [2.05, 4.69) is 17.6 Å². The standard InChI is InChI=1S/C17H13NO2S/c1-11(2)17(19)20-13-9-7-12(8-10-13)16-18-14-5-3-4-6-15(14)21-16/h3-10H,1H2,2H3. The lowest BCUT2D eigenvalue weighted by atomic mass is 10.2. The first-order chi connectivity index (χ1) is 10.1. The molecule has 1 heterocycles. The van der Waals surface area contributed by atoms with Crippen molar-refractivity contribution in [3.05, 3.63) is 60.7 Å². The van der Waals surface area contributed by atoms with Gasteiger partial charge in [0.25, 0.3) is 0 Å². The number of ether oxygens (including phenoxy) is 1. The van der Waals surface area contributed by atoms with Crippen molar-refractivity contribution < 1.29 is 9.53 Å². The fourth-order valence-electron chi connectivity index (χ4n) is 1.86. The number of thiazole rings is 1. The number of carbonyl (C=O) groups is 1. The van der Waals surface area contributed by atoms with E-state index < -0.39 is 5.97 Å². The molecule has 0 saturated carbocycles. The van der Waals surface area contributed by atoms with Gasteiger partial charge in [0.2, 0.25) is 0 Å². The quantitative estimate of drug-likeness (QED) is 0.407. The van der Waals surface area contributed by atoms with Crippen LogP contribution < -0.4 is 4.74 Å². The molecular formula is C17H13NO2S. The van der Waals surface area contributed by atoms with Gasteiger partial charge in [-0.1, -0.05) is 18.7 Å². The molecule has 0 spiro atoms. The molecule has 0 unspecified atom stereocenters. The van der Waals surface area contributed by atoms with Gasteiger partial charge in [0.15, 0.2) is 0 Å². The van der Waals surface area contributed by atoms with E-state index in [9.17, 15) is 4.79 Å². The summed E-state index contributed by atoms with van der Waals surface area (Å²) in [5.74, 6) is 0.0931. The molecule has 1 aromatic heterocycles. The first kappa shape index (κ1) is 13.5. The van der Waals surface area contributed by atoms with Gasteiger partial charge in [-0.3, -0.25) is 0 Å². The molecule has 0 aliphatic rings. The van der Waals surface area contributed by atoms with Gasteiger partial charge in [-0.25, -0.2) is 9.78 Å². The predicted octanol–water partition coefficient (Wildman–Crippen LogP) is 4.44. The van der Waals surface area contributed by atoms with Gasteiger partial charge in [-0.15, -0.1) is 11.3 Å². The van der Waals surface area contributed by atoms with Gasteiger partial charge in [0.1, 0.15) is 10.8 Å². The monoisotopic (exact) mass is 295 g/mol. The molecule has 0 aliphatic heterocycles. The van der Waals surface area contributed by atoms with Crippen LogP contribution in [0.1, 0.15) is 6.92 Å².